The maximum absolute atomic E-state index is 11.6. The van der Waals surface area contributed by atoms with Crippen molar-refractivity contribution in [3.05, 3.63) is 53.4 Å². The molecular formula is C20H24O2S. The number of hydrogen-bond acceptors (Lipinski definition) is 3. The molecule has 1 aromatic heterocycles. The molecule has 0 N–H and O–H groups in total. The summed E-state index contributed by atoms with van der Waals surface area (Å²) in [5.74, 6) is 0.270. The summed E-state index contributed by atoms with van der Waals surface area (Å²) in [6.07, 6.45) is 8.88. The monoisotopic (exact) mass is 328 g/mol. The highest BCUT2D eigenvalue weighted by atomic mass is 32.1. The Bertz CT molecular complexity index is 638. The number of carbonyl (C=O) groups is 1. The second kappa shape index (κ2) is 9.31. The van der Waals surface area contributed by atoms with Crippen LogP contribution in [0.4, 0.5) is 0 Å². The zero-order valence-electron chi connectivity index (χ0n) is 13.9. The summed E-state index contributed by atoms with van der Waals surface area (Å²) in [7, 11) is 0. The standard InChI is InChI=1S/C20H24O2S/c1-3-5-7-9-20(21)22-17-12-10-16(11-13-17)19-15-14-18(23-19)8-6-4-2/h7,9-15H,3-6,8H2,1-2H3/b9-7+. The topological polar surface area (TPSA) is 26.3 Å². The van der Waals surface area contributed by atoms with Crippen molar-refractivity contribution in [2.24, 2.45) is 0 Å². The van der Waals surface area contributed by atoms with E-state index < -0.39 is 0 Å². The fraction of sp³-hybridized carbons (Fsp3) is 0.350. The second-order valence-electron chi connectivity index (χ2n) is 5.51. The van der Waals surface area contributed by atoms with Gasteiger partial charge in [0, 0.05) is 15.8 Å². The fourth-order valence-corrected chi connectivity index (χ4v) is 3.26. The minimum absolute atomic E-state index is 0.316. The van der Waals surface area contributed by atoms with Gasteiger partial charge in [-0.1, -0.05) is 32.8 Å². The SMILES string of the molecule is CCC/C=C/C(=O)Oc1ccc(-c2ccc(CCCC)s2)cc1. The van der Waals surface area contributed by atoms with E-state index in [0.29, 0.717) is 5.75 Å². The molecule has 23 heavy (non-hydrogen) atoms. The summed E-state index contributed by atoms with van der Waals surface area (Å²) in [5.41, 5.74) is 1.17. The van der Waals surface area contributed by atoms with Gasteiger partial charge < -0.3 is 4.74 Å². The van der Waals surface area contributed by atoms with Crippen molar-refractivity contribution in [3.8, 4) is 16.2 Å². The number of esters is 1. The smallest absolute Gasteiger partial charge is 0.335 e. The first-order valence-corrected chi connectivity index (χ1v) is 9.12. The van der Waals surface area contributed by atoms with Crippen LogP contribution in [0.25, 0.3) is 10.4 Å². The predicted octanol–water partition coefficient (Wildman–Crippen LogP) is 6.02. The van der Waals surface area contributed by atoms with Crippen molar-refractivity contribution < 1.29 is 9.53 Å². The molecule has 0 aliphatic carbocycles. The van der Waals surface area contributed by atoms with Crippen LogP contribution in [0.5, 0.6) is 5.75 Å². The summed E-state index contributed by atoms with van der Waals surface area (Å²) in [6, 6.07) is 12.1. The molecule has 0 bridgehead atoms. The van der Waals surface area contributed by atoms with Crippen molar-refractivity contribution in [3.63, 3.8) is 0 Å². The molecule has 2 aromatic rings. The van der Waals surface area contributed by atoms with Gasteiger partial charge in [0.15, 0.2) is 0 Å². The predicted molar refractivity (Wildman–Crippen MR) is 98.1 cm³/mol. The van der Waals surface area contributed by atoms with E-state index >= 15 is 0 Å². The highest BCUT2D eigenvalue weighted by Crippen LogP contribution is 2.30. The molecule has 0 saturated carbocycles. The van der Waals surface area contributed by atoms with Crippen LogP contribution < -0.4 is 4.74 Å². The second-order valence-corrected chi connectivity index (χ2v) is 6.67. The normalized spacial score (nSPS) is 11.0. The van der Waals surface area contributed by atoms with Crippen LogP contribution in [-0.4, -0.2) is 5.97 Å². The molecule has 0 amide bonds. The minimum Gasteiger partial charge on any atom is -0.423 e. The van der Waals surface area contributed by atoms with Gasteiger partial charge in [-0.25, -0.2) is 4.79 Å². The van der Waals surface area contributed by atoms with Crippen LogP contribution in [0.3, 0.4) is 0 Å². The van der Waals surface area contributed by atoms with Gasteiger partial charge in [0.25, 0.3) is 0 Å². The van der Waals surface area contributed by atoms with Gasteiger partial charge in [0.2, 0.25) is 0 Å². The van der Waals surface area contributed by atoms with Gasteiger partial charge >= 0.3 is 5.97 Å². The third-order valence-corrected chi connectivity index (χ3v) is 4.70. The maximum Gasteiger partial charge on any atom is 0.335 e. The molecule has 122 valence electrons. The lowest BCUT2D eigenvalue weighted by molar-refractivity contribution is -0.129. The summed E-state index contributed by atoms with van der Waals surface area (Å²) in [4.78, 5) is 14.3. The zero-order chi connectivity index (χ0) is 16.5. The van der Waals surface area contributed by atoms with Gasteiger partial charge in [-0.05, 0) is 61.2 Å². The van der Waals surface area contributed by atoms with E-state index in [9.17, 15) is 4.79 Å². The number of unbranched alkanes of at least 4 members (excludes halogenated alkanes) is 2. The number of allylic oxidation sites excluding steroid dienone is 1. The minimum atomic E-state index is -0.316. The summed E-state index contributed by atoms with van der Waals surface area (Å²) in [6.45, 7) is 4.29. The van der Waals surface area contributed by atoms with E-state index in [1.165, 1.54) is 34.2 Å². The average molecular weight is 328 g/mol. The third kappa shape index (κ3) is 5.68. The molecule has 0 aliphatic heterocycles. The fourth-order valence-electron chi connectivity index (χ4n) is 2.20. The first kappa shape index (κ1) is 17.5. The van der Waals surface area contributed by atoms with Gasteiger partial charge in [-0.3, -0.25) is 0 Å². The number of ether oxygens (including phenoxy) is 1. The number of aryl methyl sites for hydroxylation is 1. The Labute approximate surface area is 142 Å². The van der Waals surface area contributed by atoms with Crippen LogP contribution in [0.2, 0.25) is 0 Å². The van der Waals surface area contributed by atoms with Gasteiger partial charge in [0.1, 0.15) is 5.75 Å². The van der Waals surface area contributed by atoms with E-state index in [-0.39, 0.29) is 5.97 Å². The number of hydrogen-bond donors (Lipinski definition) is 0. The summed E-state index contributed by atoms with van der Waals surface area (Å²) in [5, 5.41) is 0. The molecule has 3 heteroatoms. The number of carbonyl (C=O) groups excluding carboxylic acids is 1. The van der Waals surface area contributed by atoms with E-state index in [1.807, 2.05) is 41.7 Å². The van der Waals surface area contributed by atoms with Crippen LogP contribution in [-0.2, 0) is 11.2 Å². The quantitative estimate of drug-likeness (QED) is 0.336. The maximum atomic E-state index is 11.6. The number of thiophene rings is 1. The van der Waals surface area contributed by atoms with Crippen LogP contribution in [0.1, 0.15) is 44.4 Å². The lowest BCUT2D eigenvalue weighted by Gasteiger charge is -2.03. The summed E-state index contributed by atoms with van der Waals surface area (Å²) >= 11 is 1.84. The van der Waals surface area contributed by atoms with Crippen molar-refractivity contribution in [1.82, 2.24) is 0 Å². The highest BCUT2D eigenvalue weighted by Gasteiger charge is 2.05. The van der Waals surface area contributed by atoms with Gasteiger partial charge in [-0.2, -0.15) is 0 Å². The third-order valence-electron chi connectivity index (χ3n) is 3.50. The van der Waals surface area contributed by atoms with Crippen molar-refractivity contribution in [1.29, 1.82) is 0 Å². The van der Waals surface area contributed by atoms with Crippen molar-refractivity contribution >= 4 is 17.3 Å². The molecule has 0 atom stereocenters. The molecule has 0 aliphatic rings. The van der Waals surface area contributed by atoms with Crippen molar-refractivity contribution in [2.45, 2.75) is 46.0 Å². The molecule has 0 radical (unpaired) electrons. The van der Waals surface area contributed by atoms with Crippen LogP contribution in [0, 0.1) is 0 Å². The Morgan fingerprint density at radius 1 is 1.09 bits per heavy atom. The largest absolute Gasteiger partial charge is 0.423 e. The van der Waals surface area contributed by atoms with Gasteiger partial charge in [-0.15, -0.1) is 11.3 Å². The Hall–Kier alpha value is -1.87. The lowest BCUT2D eigenvalue weighted by Crippen LogP contribution is -2.03. The first-order chi connectivity index (χ1) is 11.2. The van der Waals surface area contributed by atoms with Crippen LogP contribution >= 0.6 is 11.3 Å². The first-order valence-electron chi connectivity index (χ1n) is 8.30. The molecule has 0 unspecified atom stereocenters. The molecule has 2 nitrogen and oxygen atoms in total. The molecule has 0 saturated heterocycles. The molecule has 0 spiro atoms. The van der Waals surface area contributed by atoms with E-state index in [4.69, 9.17) is 4.74 Å². The number of rotatable bonds is 8. The summed E-state index contributed by atoms with van der Waals surface area (Å²) < 4.78 is 5.29. The van der Waals surface area contributed by atoms with E-state index in [2.05, 4.69) is 26.0 Å². The van der Waals surface area contributed by atoms with Crippen molar-refractivity contribution in [2.75, 3.05) is 0 Å². The lowest BCUT2D eigenvalue weighted by atomic mass is 10.2. The average Bonchev–Trinajstić information content (AvgIpc) is 3.03. The Morgan fingerprint density at radius 2 is 1.87 bits per heavy atom. The molecule has 1 heterocycles. The molecule has 2 rings (SSSR count). The molecule has 0 fully saturated rings. The van der Waals surface area contributed by atoms with Gasteiger partial charge in [0.05, 0.1) is 0 Å². The van der Waals surface area contributed by atoms with Crippen LogP contribution in [0.15, 0.2) is 48.6 Å². The van der Waals surface area contributed by atoms with E-state index in [0.717, 1.165) is 19.3 Å². The Morgan fingerprint density at radius 3 is 2.57 bits per heavy atom. The molecule has 1 aromatic carbocycles. The Kier molecular flexibility index (Phi) is 7.08. The molecular weight excluding hydrogens is 304 g/mol. The van der Waals surface area contributed by atoms with E-state index in [1.54, 1.807) is 0 Å². The highest BCUT2D eigenvalue weighted by molar-refractivity contribution is 7.15. The Balaban J connectivity index is 1.96. The zero-order valence-corrected chi connectivity index (χ0v) is 14.7. The number of benzene rings is 1.